The Balaban J connectivity index is 0.000000561. The summed E-state index contributed by atoms with van der Waals surface area (Å²) in [5.74, 6) is 0.928. The first-order valence-electron chi connectivity index (χ1n) is 4.66. The standard InChI is InChI=1S/C8H12N2.C2H6/c1-3-7-5-9-8(4-2)10-6-7;1-2/h5-6H,3-4H2,1-2H3;1-2H3. The lowest BCUT2D eigenvalue weighted by atomic mass is 10.3. The Labute approximate surface area is 75.1 Å². The maximum atomic E-state index is 4.16. The quantitative estimate of drug-likeness (QED) is 0.675. The van der Waals surface area contributed by atoms with Gasteiger partial charge in [-0.1, -0.05) is 27.7 Å². The monoisotopic (exact) mass is 166 g/mol. The zero-order valence-electron chi connectivity index (χ0n) is 8.46. The van der Waals surface area contributed by atoms with E-state index in [0.717, 1.165) is 18.7 Å². The minimum atomic E-state index is 0.921. The molecule has 0 bridgehead atoms. The Bertz CT molecular complexity index is 168. The molecule has 68 valence electrons. The maximum Gasteiger partial charge on any atom is 0.127 e. The van der Waals surface area contributed by atoms with Gasteiger partial charge in [-0.25, -0.2) is 9.97 Å². The van der Waals surface area contributed by atoms with E-state index < -0.39 is 0 Å². The van der Waals surface area contributed by atoms with Crippen molar-refractivity contribution in [2.75, 3.05) is 0 Å². The van der Waals surface area contributed by atoms with Crippen LogP contribution in [-0.2, 0) is 12.8 Å². The predicted molar refractivity (Wildman–Crippen MR) is 52.1 cm³/mol. The van der Waals surface area contributed by atoms with Crippen molar-refractivity contribution in [3.05, 3.63) is 23.8 Å². The minimum absolute atomic E-state index is 0.921. The second-order valence-electron chi connectivity index (χ2n) is 2.21. The Morgan fingerprint density at radius 1 is 1.00 bits per heavy atom. The van der Waals surface area contributed by atoms with E-state index in [1.54, 1.807) is 0 Å². The molecule has 0 unspecified atom stereocenters. The van der Waals surface area contributed by atoms with Crippen LogP contribution in [0.3, 0.4) is 0 Å². The van der Waals surface area contributed by atoms with Gasteiger partial charge in [0.25, 0.3) is 0 Å². The van der Waals surface area contributed by atoms with E-state index in [9.17, 15) is 0 Å². The van der Waals surface area contributed by atoms with Gasteiger partial charge in [0.05, 0.1) is 0 Å². The molecule has 0 aliphatic carbocycles. The minimum Gasteiger partial charge on any atom is -0.241 e. The van der Waals surface area contributed by atoms with E-state index in [4.69, 9.17) is 0 Å². The molecule has 0 atom stereocenters. The van der Waals surface area contributed by atoms with Gasteiger partial charge >= 0.3 is 0 Å². The highest BCUT2D eigenvalue weighted by molar-refractivity contribution is 5.04. The molecular weight excluding hydrogens is 148 g/mol. The molecule has 1 rings (SSSR count). The summed E-state index contributed by atoms with van der Waals surface area (Å²) in [6.07, 6.45) is 5.73. The van der Waals surface area contributed by atoms with E-state index in [-0.39, 0.29) is 0 Å². The summed E-state index contributed by atoms with van der Waals surface area (Å²) in [5, 5.41) is 0. The lowest BCUT2D eigenvalue weighted by Gasteiger charge is -1.95. The van der Waals surface area contributed by atoms with Gasteiger partial charge in [-0.05, 0) is 12.0 Å². The van der Waals surface area contributed by atoms with Crippen molar-refractivity contribution < 1.29 is 0 Å². The second kappa shape index (κ2) is 6.77. The SMILES string of the molecule is CC.CCc1cnc(CC)nc1. The van der Waals surface area contributed by atoms with E-state index >= 15 is 0 Å². The smallest absolute Gasteiger partial charge is 0.127 e. The average Bonchev–Trinajstić information content (AvgIpc) is 2.21. The fourth-order valence-corrected chi connectivity index (χ4v) is 0.747. The molecule has 0 aliphatic heterocycles. The van der Waals surface area contributed by atoms with Crippen molar-refractivity contribution in [1.29, 1.82) is 0 Å². The van der Waals surface area contributed by atoms with Crippen molar-refractivity contribution in [2.45, 2.75) is 40.5 Å². The van der Waals surface area contributed by atoms with E-state index in [1.807, 2.05) is 26.2 Å². The van der Waals surface area contributed by atoms with Crippen LogP contribution in [0.5, 0.6) is 0 Å². The molecule has 0 saturated heterocycles. The van der Waals surface area contributed by atoms with Gasteiger partial charge in [-0.15, -0.1) is 0 Å². The summed E-state index contributed by atoms with van der Waals surface area (Å²) in [7, 11) is 0. The Morgan fingerprint density at radius 3 is 1.83 bits per heavy atom. The van der Waals surface area contributed by atoms with Gasteiger partial charge in [-0.2, -0.15) is 0 Å². The van der Waals surface area contributed by atoms with Crippen molar-refractivity contribution in [3.8, 4) is 0 Å². The number of aryl methyl sites for hydroxylation is 2. The highest BCUT2D eigenvalue weighted by Gasteiger charge is 1.91. The molecule has 2 nitrogen and oxygen atoms in total. The molecule has 0 N–H and O–H groups in total. The molecule has 1 heterocycles. The average molecular weight is 166 g/mol. The first-order valence-corrected chi connectivity index (χ1v) is 4.66. The van der Waals surface area contributed by atoms with Crippen LogP contribution in [0.15, 0.2) is 12.4 Å². The van der Waals surface area contributed by atoms with Crippen LogP contribution < -0.4 is 0 Å². The number of hydrogen-bond acceptors (Lipinski definition) is 2. The summed E-state index contributed by atoms with van der Waals surface area (Å²) in [4.78, 5) is 8.31. The zero-order chi connectivity index (χ0) is 9.40. The Morgan fingerprint density at radius 2 is 1.50 bits per heavy atom. The highest BCUT2D eigenvalue weighted by Crippen LogP contribution is 1.96. The Hall–Kier alpha value is -0.920. The molecule has 0 radical (unpaired) electrons. The van der Waals surface area contributed by atoms with Crippen LogP contribution in [0.1, 0.15) is 39.1 Å². The van der Waals surface area contributed by atoms with E-state index in [0.29, 0.717) is 0 Å². The third-order valence-electron chi connectivity index (χ3n) is 1.48. The Kier molecular flexibility index (Phi) is 6.25. The first-order chi connectivity index (χ1) is 5.86. The van der Waals surface area contributed by atoms with Gasteiger partial charge in [0, 0.05) is 18.8 Å². The van der Waals surface area contributed by atoms with Crippen molar-refractivity contribution in [1.82, 2.24) is 9.97 Å². The summed E-state index contributed by atoms with van der Waals surface area (Å²) in [5.41, 5.74) is 1.21. The van der Waals surface area contributed by atoms with Gasteiger partial charge in [0.2, 0.25) is 0 Å². The largest absolute Gasteiger partial charge is 0.241 e. The molecule has 0 aliphatic rings. The van der Waals surface area contributed by atoms with Gasteiger partial charge in [0.1, 0.15) is 5.82 Å². The molecule has 1 aromatic rings. The lowest BCUT2D eigenvalue weighted by Crippen LogP contribution is -1.93. The number of hydrogen-bond donors (Lipinski definition) is 0. The van der Waals surface area contributed by atoms with E-state index in [1.165, 1.54) is 5.56 Å². The van der Waals surface area contributed by atoms with Gasteiger partial charge in [0.15, 0.2) is 0 Å². The fourth-order valence-electron chi connectivity index (χ4n) is 0.747. The lowest BCUT2D eigenvalue weighted by molar-refractivity contribution is 0.913. The maximum absolute atomic E-state index is 4.16. The van der Waals surface area contributed by atoms with Gasteiger partial charge < -0.3 is 0 Å². The summed E-state index contributed by atoms with van der Waals surface area (Å²) in [6.45, 7) is 8.16. The van der Waals surface area contributed by atoms with Gasteiger partial charge in [-0.3, -0.25) is 0 Å². The summed E-state index contributed by atoms with van der Waals surface area (Å²) >= 11 is 0. The van der Waals surface area contributed by atoms with Crippen LogP contribution in [0.4, 0.5) is 0 Å². The number of aromatic nitrogens is 2. The highest BCUT2D eigenvalue weighted by atomic mass is 14.8. The van der Waals surface area contributed by atoms with Crippen molar-refractivity contribution >= 4 is 0 Å². The molecule has 12 heavy (non-hydrogen) atoms. The molecule has 1 aromatic heterocycles. The fraction of sp³-hybridized carbons (Fsp3) is 0.600. The van der Waals surface area contributed by atoms with Crippen molar-refractivity contribution in [2.24, 2.45) is 0 Å². The predicted octanol–water partition coefficient (Wildman–Crippen LogP) is 2.63. The molecule has 0 spiro atoms. The summed E-state index contributed by atoms with van der Waals surface area (Å²) in [6, 6.07) is 0. The topological polar surface area (TPSA) is 25.8 Å². The number of nitrogens with zero attached hydrogens (tertiary/aromatic N) is 2. The first kappa shape index (κ1) is 11.1. The summed E-state index contributed by atoms with van der Waals surface area (Å²) < 4.78 is 0. The zero-order valence-corrected chi connectivity index (χ0v) is 8.46. The third kappa shape index (κ3) is 3.46. The van der Waals surface area contributed by atoms with Crippen LogP contribution in [0, 0.1) is 0 Å². The molecule has 0 fully saturated rings. The second-order valence-corrected chi connectivity index (χ2v) is 2.21. The number of rotatable bonds is 2. The molecule has 0 saturated carbocycles. The molecule has 2 heteroatoms. The van der Waals surface area contributed by atoms with Crippen LogP contribution >= 0.6 is 0 Å². The van der Waals surface area contributed by atoms with Crippen LogP contribution in [0.2, 0.25) is 0 Å². The normalized spacial score (nSPS) is 8.67. The third-order valence-corrected chi connectivity index (χ3v) is 1.48. The molecular formula is C10H18N2. The molecule has 0 aromatic carbocycles. The van der Waals surface area contributed by atoms with Crippen LogP contribution in [0.25, 0.3) is 0 Å². The van der Waals surface area contributed by atoms with Crippen molar-refractivity contribution in [3.63, 3.8) is 0 Å². The molecule has 0 amide bonds. The van der Waals surface area contributed by atoms with Crippen LogP contribution in [-0.4, -0.2) is 9.97 Å². The van der Waals surface area contributed by atoms with E-state index in [2.05, 4.69) is 23.8 Å².